The quantitative estimate of drug-likeness (QED) is 0.458. The maximum Gasteiger partial charge on any atom is 0.251 e. The molecule has 0 atom stereocenters. The Morgan fingerprint density at radius 2 is 1.69 bits per heavy atom. The first-order chi connectivity index (χ1) is 20.3. The zero-order chi connectivity index (χ0) is 29.5. The number of fused-ring (bicyclic) bond motifs is 5. The van der Waals surface area contributed by atoms with E-state index in [9.17, 15) is 14.4 Å². The fraction of sp³-hybridized carbons (Fsp3) is 0.441. The van der Waals surface area contributed by atoms with Gasteiger partial charge in [0.25, 0.3) is 5.91 Å². The molecule has 8 heteroatoms. The molecule has 2 fully saturated rings. The molecule has 1 saturated heterocycles. The number of carbonyl (C=O) groups is 3. The van der Waals surface area contributed by atoms with Gasteiger partial charge in [-0.3, -0.25) is 14.4 Å². The number of hydrogen-bond donors (Lipinski definition) is 1. The van der Waals surface area contributed by atoms with Crippen molar-refractivity contribution in [1.29, 1.82) is 0 Å². The van der Waals surface area contributed by atoms with Crippen LogP contribution in [-0.4, -0.2) is 66.4 Å². The first-order valence-corrected chi connectivity index (χ1v) is 15.1. The zero-order valence-electron chi connectivity index (χ0n) is 24.8. The number of amides is 3. The van der Waals surface area contributed by atoms with Gasteiger partial charge in [0.05, 0.1) is 19.3 Å². The fourth-order valence-corrected chi connectivity index (χ4v) is 7.22. The Morgan fingerprint density at radius 1 is 0.952 bits per heavy atom. The minimum absolute atomic E-state index is 0.0144. The molecule has 0 unspecified atom stereocenters. The summed E-state index contributed by atoms with van der Waals surface area (Å²) in [4.78, 5) is 42.5. The van der Waals surface area contributed by atoms with Crippen molar-refractivity contribution in [1.82, 2.24) is 14.4 Å². The lowest BCUT2D eigenvalue weighted by molar-refractivity contribution is -0.137. The van der Waals surface area contributed by atoms with Gasteiger partial charge in [0.2, 0.25) is 11.8 Å². The fourth-order valence-electron chi connectivity index (χ4n) is 7.22. The normalized spacial score (nSPS) is 17.7. The second-order valence-corrected chi connectivity index (χ2v) is 12.2. The van der Waals surface area contributed by atoms with Gasteiger partial charge >= 0.3 is 0 Å². The number of nitrogens with zero attached hydrogens (tertiary/aromatic N) is 3. The average Bonchev–Trinajstić information content (AvgIpc) is 3.22. The molecular weight excluding hydrogens is 528 g/mol. The summed E-state index contributed by atoms with van der Waals surface area (Å²) in [6, 6.07) is 11.9. The van der Waals surface area contributed by atoms with Crippen molar-refractivity contribution in [2.75, 3.05) is 34.3 Å². The van der Waals surface area contributed by atoms with E-state index < -0.39 is 5.91 Å². The molecule has 2 aromatic carbocycles. The second kappa shape index (κ2) is 11.3. The first kappa shape index (κ1) is 28.1. The lowest BCUT2D eigenvalue weighted by Crippen LogP contribution is -2.43. The van der Waals surface area contributed by atoms with E-state index in [1.165, 1.54) is 24.8 Å². The van der Waals surface area contributed by atoms with Crippen LogP contribution < -0.4 is 10.5 Å². The third-order valence-corrected chi connectivity index (χ3v) is 9.42. The van der Waals surface area contributed by atoms with Crippen LogP contribution in [0, 0.1) is 5.92 Å². The molecule has 3 aromatic rings. The smallest absolute Gasteiger partial charge is 0.251 e. The van der Waals surface area contributed by atoms with Gasteiger partial charge in [-0.05, 0) is 79.1 Å². The Balaban J connectivity index is 1.48. The maximum absolute atomic E-state index is 14.2. The molecule has 1 aromatic heterocycles. The SMILES string of the molecule is COc1ccc2c(c1)C=C(C(=O)N1CCC(C(=O)N(C)C)CC1)Cn1c-2c(C2CCCCC2)c2ccc(C(N)=O)cc21. The molecule has 8 nitrogen and oxygen atoms in total. The summed E-state index contributed by atoms with van der Waals surface area (Å²) in [7, 11) is 5.22. The molecule has 1 aliphatic carbocycles. The van der Waals surface area contributed by atoms with Crippen molar-refractivity contribution in [2.45, 2.75) is 57.4 Å². The molecule has 42 heavy (non-hydrogen) atoms. The van der Waals surface area contributed by atoms with Crippen molar-refractivity contribution >= 4 is 34.7 Å². The summed E-state index contributed by atoms with van der Waals surface area (Å²) in [5.74, 6) is 0.729. The molecular formula is C34H40N4O4. The van der Waals surface area contributed by atoms with E-state index in [-0.39, 0.29) is 17.7 Å². The highest BCUT2D eigenvalue weighted by molar-refractivity contribution is 6.04. The van der Waals surface area contributed by atoms with E-state index >= 15 is 0 Å². The van der Waals surface area contributed by atoms with Crippen molar-refractivity contribution in [2.24, 2.45) is 11.7 Å². The molecule has 3 amide bonds. The van der Waals surface area contributed by atoms with E-state index in [2.05, 4.69) is 10.6 Å². The predicted octanol–water partition coefficient (Wildman–Crippen LogP) is 5.19. The number of methoxy groups -OCH3 is 1. The average molecular weight is 569 g/mol. The lowest BCUT2D eigenvalue weighted by atomic mass is 9.81. The van der Waals surface area contributed by atoms with Gasteiger partial charge < -0.3 is 24.8 Å². The molecule has 0 bridgehead atoms. The molecule has 3 aliphatic rings. The van der Waals surface area contributed by atoms with Crippen LogP contribution in [0.5, 0.6) is 5.75 Å². The molecule has 0 radical (unpaired) electrons. The number of carbonyl (C=O) groups excluding carboxylic acids is 3. The summed E-state index contributed by atoms with van der Waals surface area (Å²) in [6.07, 6.45) is 9.21. The minimum Gasteiger partial charge on any atom is -0.497 e. The summed E-state index contributed by atoms with van der Waals surface area (Å²) in [5, 5.41) is 1.13. The molecule has 6 rings (SSSR count). The van der Waals surface area contributed by atoms with Crippen LogP contribution >= 0.6 is 0 Å². The Labute approximate surface area is 247 Å². The standard InChI is InChI=1S/C34H40N4O4/c1-36(2)33(40)22-13-15-37(16-14-22)34(41)25-17-24-18-26(42-3)10-12-27(24)31-30(21-7-5-4-6-8-21)28-11-9-23(32(35)39)19-29(28)38(31)20-25/h9-12,17-19,21-22H,4-8,13-16,20H2,1-3H3,(H2,35,39). The molecule has 0 spiro atoms. The number of ether oxygens (including phenoxy) is 1. The number of nitrogens with two attached hydrogens (primary N) is 1. The van der Waals surface area contributed by atoms with Gasteiger partial charge in [0, 0.05) is 60.7 Å². The summed E-state index contributed by atoms with van der Waals surface area (Å²) in [5.41, 5.74) is 12.2. The Hall–Kier alpha value is -4.07. The first-order valence-electron chi connectivity index (χ1n) is 15.1. The number of rotatable bonds is 5. The zero-order valence-corrected chi connectivity index (χ0v) is 24.8. The second-order valence-electron chi connectivity index (χ2n) is 12.2. The molecule has 3 heterocycles. The lowest BCUT2D eigenvalue weighted by Gasteiger charge is -2.33. The number of hydrogen-bond acceptors (Lipinski definition) is 4. The van der Waals surface area contributed by atoms with Crippen molar-refractivity contribution in [3.8, 4) is 17.0 Å². The third kappa shape index (κ3) is 4.97. The van der Waals surface area contributed by atoms with Crippen molar-refractivity contribution in [3.63, 3.8) is 0 Å². The molecule has 2 aliphatic heterocycles. The number of primary amides is 1. The maximum atomic E-state index is 14.2. The number of benzene rings is 2. The van der Waals surface area contributed by atoms with Crippen LogP contribution in [0.15, 0.2) is 42.0 Å². The number of piperidine rings is 1. The molecule has 220 valence electrons. The van der Waals surface area contributed by atoms with Crippen LogP contribution in [0.25, 0.3) is 28.2 Å². The molecule has 1 saturated carbocycles. The van der Waals surface area contributed by atoms with Gasteiger partial charge in [0.1, 0.15) is 5.75 Å². The number of likely N-dealkylation sites (tertiary alicyclic amines) is 1. The summed E-state index contributed by atoms with van der Waals surface area (Å²) < 4.78 is 7.84. The van der Waals surface area contributed by atoms with E-state index in [1.54, 1.807) is 26.1 Å². The summed E-state index contributed by atoms with van der Waals surface area (Å²) >= 11 is 0. The highest BCUT2D eigenvalue weighted by Crippen LogP contribution is 2.47. The topological polar surface area (TPSA) is 97.9 Å². The Kier molecular flexibility index (Phi) is 7.56. The van der Waals surface area contributed by atoms with Gasteiger partial charge in [-0.25, -0.2) is 0 Å². The van der Waals surface area contributed by atoms with E-state index in [1.807, 2.05) is 41.3 Å². The largest absolute Gasteiger partial charge is 0.497 e. The Bertz CT molecular complexity index is 1590. The predicted molar refractivity (Wildman–Crippen MR) is 164 cm³/mol. The van der Waals surface area contributed by atoms with Gasteiger partial charge in [-0.2, -0.15) is 0 Å². The Morgan fingerprint density at radius 3 is 2.36 bits per heavy atom. The van der Waals surface area contributed by atoms with Crippen LogP contribution in [0.1, 0.15) is 72.3 Å². The highest BCUT2D eigenvalue weighted by Gasteiger charge is 2.33. The van der Waals surface area contributed by atoms with Crippen LogP contribution in [-0.2, 0) is 16.1 Å². The van der Waals surface area contributed by atoms with E-state index in [0.29, 0.717) is 49.5 Å². The minimum atomic E-state index is -0.465. The van der Waals surface area contributed by atoms with Crippen LogP contribution in [0.2, 0.25) is 0 Å². The monoisotopic (exact) mass is 568 g/mol. The van der Waals surface area contributed by atoms with E-state index in [0.717, 1.165) is 46.3 Å². The van der Waals surface area contributed by atoms with Gasteiger partial charge in [-0.1, -0.05) is 25.3 Å². The molecule has 2 N–H and O–H groups in total. The summed E-state index contributed by atoms with van der Waals surface area (Å²) in [6.45, 7) is 1.47. The van der Waals surface area contributed by atoms with Crippen molar-refractivity contribution < 1.29 is 19.1 Å². The third-order valence-electron chi connectivity index (χ3n) is 9.42. The number of aromatic nitrogens is 1. The van der Waals surface area contributed by atoms with Crippen LogP contribution in [0.3, 0.4) is 0 Å². The van der Waals surface area contributed by atoms with Gasteiger partial charge in [-0.15, -0.1) is 0 Å². The van der Waals surface area contributed by atoms with Crippen molar-refractivity contribution in [3.05, 3.63) is 58.7 Å². The highest BCUT2D eigenvalue weighted by atomic mass is 16.5. The van der Waals surface area contributed by atoms with Gasteiger partial charge in [0.15, 0.2) is 0 Å². The van der Waals surface area contributed by atoms with Crippen LogP contribution in [0.4, 0.5) is 0 Å². The van der Waals surface area contributed by atoms with E-state index in [4.69, 9.17) is 10.5 Å².